The first kappa shape index (κ1) is 20.3. The van der Waals surface area contributed by atoms with Gasteiger partial charge in [-0.15, -0.1) is 5.10 Å². The highest BCUT2D eigenvalue weighted by molar-refractivity contribution is 5.93. The molecule has 1 amide bonds. The largest absolute Gasteiger partial charge is 0.497 e. The predicted octanol–water partition coefficient (Wildman–Crippen LogP) is 4.24. The van der Waals surface area contributed by atoms with E-state index in [1.54, 1.807) is 30.8 Å². The number of halogens is 1. The normalized spacial score (nSPS) is 11.7. The molecule has 4 aromatic rings. The van der Waals surface area contributed by atoms with Gasteiger partial charge in [0.2, 0.25) is 0 Å². The topological polar surface area (TPSA) is 69.0 Å². The molecule has 0 aliphatic rings. The molecule has 31 heavy (non-hydrogen) atoms. The number of aromatic nitrogens is 3. The number of benzene rings is 3. The summed E-state index contributed by atoms with van der Waals surface area (Å²) in [5.41, 5.74) is 3.18. The number of amides is 1. The molecule has 3 aromatic carbocycles. The van der Waals surface area contributed by atoms with Crippen LogP contribution < -0.4 is 10.1 Å². The van der Waals surface area contributed by atoms with Crippen molar-refractivity contribution in [2.75, 3.05) is 7.11 Å². The number of nitrogens with one attached hydrogen (secondary N) is 1. The van der Waals surface area contributed by atoms with Gasteiger partial charge in [0.15, 0.2) is 5.69 Å². The predicted molar refractivity (Wildman–Crippen MR) is 115 cm³/mol. The Bertz CT molecular complexity index is 1190. The first-order valence-corrected chi connectivity index (χ1v) is 9.75. The number of methoxy groups -OCH3 is 1. The third kappa shape index (κ3) is 4.30. The molecule has 6 nitrogen and oxygen atoms in total. The number of carbonyl (C=O) groups excluding carboxylic acids is 1. The van der Waals surface area contributed by atoms with Crippen LogP contribution in [0.4, 0.5) is 4.39 Å². The molecule has 1 unspecified atom stereocenters. The highest BCUT2D eigenvalue weighted by Gasteiger charge is 2.22. The number of rotatable bonds is 6. The lowest BCUT2D eigenvalue weighted by atomic mass is 9.98. The number of carbonyl (C=O) groups is 1. The molecule has 1 aromatic heterocycles. The molecule has 1 atom stereocenters. The van der Waals surface area contributed by atoms with E-state index in [0.29, 0.717) is 11.4 Å². The number of nitrogens with zero attached hydrogens (tertiary/aromatic N) is 3. The van der Waals surface area contributed by atoms with E-state index in [1.807, 2.05) is 54.6 Å². The Hall–Kier alpha value is -4.00. The van der Waals surface area contributed by atoms with Gasteiger partial charge in [-0.1, -0.05) is 53.7 Å². The molecule has 0 fully saturated rings. The summed E-state index contributed by atoms with van der Waals surface area (Å²) < 4.78 is 20.3. The van der Waals surface area contributed by atoms with Crippen molar-refractivity contribution >= 4 is 5.91 Å². The van der Waals surface area contributed by atoms with Crippen LogP contribution in [0.15, 0.2) is 78.9 Å². The fraction of sp³-hybridized carbons (Fsp3) is 0.125. The Morgan fingerprint density at radius 1 is 1.00 bits per heavy atom. The van der Waals surface area contributed by atoms with E-state index >= 15 is 0 Å². The summed E-state index contributed by atoms with van der Waals surface area (Å²) in [6, 6.07) is 22.5. The summed E-state index contributed by atoms with van der Waals surface area (Å²) in [5.74, 6) is -0.0253. The van der Waals surface area contributed by atoms with Crippen molar-refractivity contribution in [1.82, 2.24) is 20.3 Å². The van der Waals surface area contributed by atoms with E-state index in [9.17, 15) is 9.18 Å². The molecule has 1 heterocycles. The SMILES string of the molecule is COc1cccc(-n2nnc(C(=O)NC(c3ccccc3)c3ccc(F)cc3)c2C)c1. The van der Waals surface area contributed by atoms with Crippen LogP contribution in [-0.2, 0) is 0 Å². The maximum Gasteiger partial charge on any atom is 0.274 e. The molecule has 0 radical (unpaired) electrons. The summed E-state index contributed by atoms with van der Waals surface area (Å²) in [7, 11) is 1.59. The zero-order valence-corrected chi connectivity index (χ0v) is 17.1. The molecular formula is C24H21FN4O2. The van der Waals surface area contributed by atoms with Crippen molar-refractivity contribution in [3.05, 3.63) is 107 Å². The van der Waals surface area contributed by atoms with Crippen molar-refractivity contribution in [3.8, 4) is 11.4 Å². The lowest BCUT2D eigenvalue weighted by Crippen LogP contribution is -2.30. The molecule has 7 heteroatoms. The maximum absolute atomic E-state index is 13.4. The van der Waals surface area contributed by atoms with E-state index in [0.717, 1.165) is 16.8 Å². The van der Waals surface area contributed by atoms with Gasteiger partial charge in [0.05, 0.1) is 24.5 Å². The summed E-state index contributed by atoms with van der Waals surface area (Å²) in [6.45, 7) is 1.78. The van der Waals surface area contributed by atoms with Crippen LogP contribution in [0.25, 0.3) is 5.69 Å². The first-order chi connectivity index (χ1) is 15.1. The molecule has 0 aliphatic heterocycles. The second-order valence-electron chi connectivity index (χ2n) is 7.01. The van der Waals surface area contributed by atoms with Crippen molar-refractivity contribution in [3.63, 3.8) is 0 Å². The summed E-state index contributed by atoms with van der Waals surface area (Å²) in [5, 5.41) is 11.3. The average molecular weight is 416 g/mol. The van der Waals surface area contributed by atoms with Crippen LogP contribution in [0.5, 0.6) is 5.75 Å². The van der Waals surface area contributed by atoms with Gasteiger partial charge in [0, 0.05) is 6.07 Å². The van der Waals surface area contributed by atoms with Gasteiger partial charge in [0.25, 0.3) is 5.91 Å². The summed E-state index contributed by atoms with van der Waals surface area (Å²) in [6.07, 6.45) is 0. The lowest BCUT2D eigenvalue weighted by molar-refractivity contribution is 0.0937. The number of hydrogen-bond donors (Lipinski definition) is 1. The Labute approximate surface area is 179 Å². The minimum absolute atomic E-state index is 0.214. The van der Waals surface area contributed by atoms with Crippen LogP contribution in [0, 0.1) is 12.7 Å². The highest BCUT2D eigenvalue weighted by atomic mass is 19.1. The molecule has 0 saturated heterocycles. The second kappa shape index (κ2) is 8.79. The van der Waals surface area contributed by atoms with Gasteiger partial charge in [-0.05, 0) is 42.3 Å². The molecule has 0 bridgehead atoms. The van der Waals surface area contributed by atoms with Crippen molar-refractivity contribution < 1.29 is 13.9 Å². The van der Waals surface area contributed by atoms with E-state index in [1.165, 1.54) is 12.1 Å². The first-order valence-electron chi connectivity index (χ1n) is 9.75. The number of hydrogen-bond acceptors (Lipinski definition) is 4. The maximum atomic E-state index is 13.4. The third-order valence-electron chi connectivity index (χ3n) is 5.02. The quantitative estimate of drug-likeness (QED) is 0.510. The van der Waals surface area contributed by atoms with Gasteiger partial charge in [-0.25, -0.2) is 9.07 Å². The molecule has 1 N–H and O–H groups in total. The molecular weight excluding hydrogens is 395 g/mol. The van der Waals surface area contributed by atoms with Crippen molar-refractivity contribution in [2.24, 2.45) is 0 Å². The molecule has 156 valence electrons. The zero-order chi connectivity index (χ0) is 21.8. The van der Waals surface area contributed by atoms with Crippen LogP contribution in [0.3, 0.4) is 0 Å². The lowest BCUT2D eigenvalue weighted by Gasteiger charge is -2.19. The van der Waals surface area contributed by atoms with Crippen LogP contribution in [-0.4, -0.2) is 28.0 Å². The van der Waals surface area contributed by atoms with E-state index < -0.39 is 6.04 Å². The standard InChI is InChI=1S/C24H21FN4O2/c1-16-22(27-28-29(16)20-9-6-10-21(15-20)31-2)24(30)26-23(17-7-4-3-5-8-17)18-11-13-19(25)14-12-18/h3-15,23H,1-2H3,(H,26,30). The van der Waals surface area contributed by atoms with Crippen molar-refractivity contribution in [2.45, 2.75) is 13.0 Å². The zero-order valence-electron chi connectivity index (χ0n) is 17.1. The molecule has 0 saturated carbocycles. The highest BCUT2D eigenvalue weighted by Crippen LogP contribution is 2.24. The Kier molecular flexibility index (Phi) is 5.75. The van der Waals surface area contributed by atoms with Crippen LogP contribution >= 0.6 is 0 Å². The van der Waals surface area contributed by atoms with Crippen molar-refractivity contribution in [1.29, 1.82) is 0 Å². The fourth-order valence-corrected chi connectivity index (χ4v) is 3.39. The Morgan fingerprint density at radius 3 is 2.42 bits per heavy atom. The summed E-state index contributed by atoms with van der Waals surface area (Å²) in [4.78, 5) is 13.1. The minimum Gasteiger partial charge on any atom is -0.497 e. The van der Waals surface area contributed by atoms with E-state index in [2.05, 4.69) is 15.6 Å². The van der Waals surface area contributed by atoms with Gasteiger partial charge < -0.3 is 10.1 Å². The summed E-state index contributed by atoms with van der Waals surface area (Å²) >= 11 is 0. The third-order valence-corrected chi connectivity index (χ3v) is 5.02. The molecule has 4 rings (SSSR count). The smallest absolute Gasteiger partial charge is 0.274 e. The van der Waals surface area contributed by atoms with Gasteiger partial charge in [-0.3, -0.25) is 4.79 Å². The number of ether oxygens (including phenoxy) is 1. The van der Waals surface area contributed by atoms with Crippen LogP contribution in [0.1, 0.15) is 33.4 Å². The van der Waals surface area contributed by atoms with Gasteiger partial charge in [0.1, 0.15) is 11.6 Å². The fourth-order valence-electron chi connectivity index (χ4n) is 3.39. The van der Waals surface area contributed by atoms with Crippen LogP contribution in [0.2, 0.25) is 0 Å². The molecule has 0 aliphatic carbocycles. The van der Waals surface area contributed by atoms with E-state index in [4.69, 9.17) is 4.74 Å². The molecule has 0 spiro atoms. The monoisotopic (exact) mass is 416 g/mol. The second-order valence-corrected chi connectivity index (χ2v) is 7.01. The minimum atomic E-state index is -0.462. The van der Waals surface area contributed by atoms with E-state index in [-0.39, 0.29) is 17.4 Å². The van der Waals surface area contributed by atoms with Gasteiger partial charge in [-0.2, -0.15) is 0 Å². The Morgan fingerprint density at radius 2 is 1.71 bits per heavy atom. The average Bonchev–Trinajstić information content (AvgIpc) is 3.20. The Balaban J connectivity index is 1.65. The van der Waals surface area contributed by atoms with Gasteiger partial charge >= 0.3 is 0 Å².